The molecule has 2 aliphatic heterocycles. The van der Waals surface area contributed by atoms with Gasteiger partial charge in [0.15, 0.2) is 0 Å². The molecule has 4 nitrogen and oxygen atoms in total. The van der Waals surface area contributed by atoms with E-state index in [0.29, 0.717) is 6.04 Å². The van der Waals surface area contributed by atoms with Crippen LogP contribution in [0.1, 0.15) is 19.8 Å². The molecule has 2 rings (SSSR count). The van der Waals surface area contributed by atoms with E-state index in [2.05, 4.69) is 12.2 Å². The summed E-state index contributed by atoms with van der Waals surface area (Å²) in [6.07, 6.45) is 1.77. The number of ether oxygens (including phenoxy) is 1. The summed E-state index contributed by atoms with van der Waals surface area (Å²) in [6.45, 7) is 5.46. The van der Waals surface area contributed by atoms with E-state index in [9.17, 15) is 4.79 Å². The fourth-order valence-electron chi connectivity index (χ4n) is 2.13. The molecular formula is C10H18N2O2. The molecule has 80 valence electrons. The summed E-state index contributed by atoms with van der Waals surface area (Å²) in [7, 11) is 0. The molecular weight excluding hydrogens is 180 g/mol. The lowest BCUT2D eigenvalue weighted by Gasteiger charge is -2.35. The number of nitrogens with one attached hydrogen (secondary N) is 1. The van der Waals surface area contributed by atoms with Crippen molar-refractivity contribution < 1.29 is 9.53 Å². The van der Waals surface area contributed by atoms with Crippen LogP contribution in [-0.4, -0.2) is 49.2 Å². The Bertz CT molecular complexity index is 214. The van der Waals surface area contributed by atoms with Gasteiger partial charge in [-0.05, 0) is 19.8 Å². The van der Waals surface area contributed by atoms with E-state index < -0.39 is 0 Å². The lowest BCUT2D eigenvalue weighted by Crippen LogP contribution is -2.54. The fourth-order valence-corrected chi connectivity index (χ4v) is 2.13. The van der Waals surface area contributed by atoms with Crippen molar-refractivity contribution in [3.05, 3.63) is 0 Å². The molecule has 2 saturated heterocycles. The van der Waals surface area contributed by atoms with E-state index in [-0.39, 0.29) is 12.0 Å². The molecule has 14 heavy (non-hydrogen) atoms. The zero-order valence-electron chi connectivity index (χ0n) is 8.66. The molecule has 0 bridgehead atoms. The standard InChI is InChI=1S/C10H18N2O2/c1-8-7-11-4-5-12(8)10(13)9-3-2-6-14-9/h8-9,11H,2-7H2,1H3/t8?,9-/m1/s1. The van der Waals surface area contributed by atoms with Crippen molar-refractivity contribution in [3.8, 4) is 0 Å². The second kappa shape index (κ2) is 4.28. The van der Waals surface area contributed by atoms with Crippen LogP contribution in [0.3, 0.4) is 0 Å². The molecule has 0 saturated carbocycles. The van der Waals surface area contributed by atoms with Gasteiger partial charge in [-0.15, -0.1) is 0 Å². The number of amides is 1. The Morgan fingerprint density at radius 1 is 1.57 bits per heavy atom. The minimum Gasteiger partial charge on any atom is -0.368 e. The van der Waals surface area contributed by atoms with E-state index in [0.717, 1.165) is 39.1 Å². The normalized spacial score (nSPS) is 33.4. The van der Waals surface area contributed by atoms with Crippen LogP contribution in [0.5, 0.6) is 0 Å². The van der Waals surface area contributed by atoms with Crippen LogP contribution in [0.4, 0.5) is 0 Å². The molecule has 1 unspecified atom stereocenters. The second-order valence-electron chi connectivity index (χ2n) is 4.09. The van der Waals surface area contributed by atoms with Gasteiger partial charge < -0.3 is 15.0 Å². The zero-order chi connectivity index (χ0) is 9.97. The molecule has 2 heterocycles. The first kappa shape index (κ1) is 9.93. The van der Waals surface area contributed by atoms with Gasteiger partial charge in [-0.25, -0.2) is 0 Å². The molecule has 4 heteroatoms. The summed E-state index contributed by atoms with van der Waals surface area (Å²) in [5.41, 5.74) is 0. The Labute approximate surface area is 84.6 Å². The van der Waals surface area contributed by atoms with Crippen molar-refractivity contribution in [2.45, 2.75) is 31.9 Å². The van der Waals surface area contributed by atoms with Crippen molar-refractivity contribution in [2.24, 2.45) is 0 Å². The highest BCUT2D eigenvalue weighted by Crippen LogP contribution is 2.16. The molecule has 1 amide bonds. The summed E-state index contributed by atoms with van der Waals surface area (Å²) in [4.78, 5) is 13.9. The summed E-state index contributed by atoms with van der Waals surface area (Å²) < 4.78 is 5.40. The van der Waals surface area contributed by atoms with Crippen LogP contribution >= 0.6 is 0 Å². The maximum atomic E-state index is 12.0. The highest BCUT2D eigenvalue weighted by molar-refractivity contribution is 5.81. The van der Waals surface area contributed by atoms with Gasteiger partial charge in [-0.3, -0.25) is 4.79 Å². The molecule has 0 aromatic heterocycles. The smallest absolute Gasteiger partial charge is 0.252 e. The molecule has 0 aromatic rings. The summed E-state index contributed by atoms with van der Waals surface area (Å²) in [6, 6.07) is 0.306. The maximum absolute atomic E-state index is 12.0. The average Bonchev–Trinajstić information content (AvgIpc) is 2.70. The van der Waals surface area contributed by atoms with E-state index >= 15 is 0 Å². The first-order chi connectivity index (χ1) is 6.79. The minimum absolute atomic E-state index is 0.157. The van der Waals surface area contributed by atoms with Gasteiger partial charge in [0, 0.05) is 32.3 Å². The molecule has 0 aliphatic carbocycles. The lowest BCUT2D eigenvalue weighted by atomic mass is 10.1. The number of hydrogen-bond donors (Lipinski definition) is 1. The van der Waals surface area contributed by atoms with E-state index in [1.54, 1.807) is 0 Å². The van der Waals surface area contributed by atoms with Gasteiger partial charge in [0.25, 0.3) is 5.91 Å². The highest BCUT2D eigenvalue weighted by Gasteiger charge is 2.31. The Morgan fingerprint density at radius 2 is 2.43 bits per heavy atom. The van der Waals surface area contributed by atoms with Crippen molar-refractivity contribution in [1.82, 2.24) is 10.2 Å². The quantitative estimate of drug-likeness (QED) is 0.644. The molecule has 2 atom stereocenters. The molecule has 0 spiro atoms. The predicted octanol–water partition coefficient (Wildman–Crippen LogP) is -0.0143. The molecule has 1 N–H and O–H groups in total. The number of rotatable bonds is 1. The predicted molar refractivity (Wildman–Crippen MR) is 53.0 cm³/mol. The van der Waals surface area contributed by atoms with Gasteiger partial charge >= 0.3 is 0 Å². The fraction of sp³-hybridized carbons (Fsp3) is 0.900. The van der Waals surface area contributed by atoms with Gasteiger partial charge in [-0.1, -0.05) is 0 Å². The molecule has 0 aromatic carbocycles. The van der Waals surface area contributed by atoms with Gasteiger partial charge in [0.1, 0.15) is 6.10 Å². The Kier molecular flexibility index (Phi) is 3.03. The van der Waals surface area contributed by atoms with Crippen LogP contribution in [0.25, 0.3) is 0 Å². The first-order valence-electron chi connectivity index (χ1n) is 5.42. The third-order valence-corrected chi connectivity index (χ3v) is 2.99. The van der Waals surface area contributed by atoms with Crippen LogP contribution in [-0.2, 0) is 9.53 Å². The Balaban J connectivity index is 1.94. The lowest BCUT2D eigenvalue weighted by molar-refractivity contribution is -0.143. The maximum Gasteiger partial charge on any atom is 0.252 e. The topological polar surface area (TPSA) is 41.6 Å². The Hall–Kier alpha value is -0.610. The summed E-state index contributed by atoms with van der Waals surface area (Å²) in [5.74, 6) is 0.191. The largest absolute Gasteiger partial charge is 0.368 e. The number of carbonyl (C=O) groups excluding carboxylic acids is 1. The third-order valence-electron chi connectivity index (χ3n) is 2.99. The Morgan fingerprint density at radius 3 is 3.07 bits per heavy atom. The SMILES string of the molecule is CC1CNCCN1C(=O)[C@H]1CCCO1. The number of carbonyl (C=O) groups is 1. The van der Waals surface area contributed by atoms with Crippen LogP contribution in [0.15, 0.2) is 0 Å². The summed E-state index contributed by atoms with van der Waals surface area (Å²) in [5, 5.41) is 3.28. The van der Waals surface area contributed by atoms with Crippen molar-refractivity contribution in [1.29, 1.82) is 0 Å². The van der Waals surface area contributed by atoms with Crippen molar-refractivity contribution in [2.75, 3.05) is 26.2 Å². The molecule has 0 radical (unpaired) electrons. The van der Waals surface area contributed by atoms with Gasteiger partial charge in [0.05, 0.1) is 0 Å². The highest BCUT2D eigenvalue weighted by atomic mass is 16.5. The second-order valence-corrected chi connectivity index (χ2v) is 4.09. The molecule has 2 fully saturated rings. The first-order valence-corrected chi connectivity index (χ1v) is 5.42. The van der Waals surface area contributed by atoms with Gasteiger partial charge in [-0.2, -0.15) is 0 Å². The number of hydrogen-bond acceptors (Lipinski definition) is 3. The monoisotopic (exact) mass is 198 g/mol. The summed E-state index contributed by atoms with van der Waals surface area (Å²) >= 11 is 0. The van der Waals surface area contributed by atoms with Crippen LogP contribution < -0.4 is 5.32 Å². The number of piperazine rings is 1. The van der Waals surface area contributed by atoms with Crippen LogP contribution in [0, 0.1) is 0 Å². The third kappa shape index (κ3) is 1.91. The average molecular weight is 198 g/mol. The minimum atomic E-state index is -0.157. The zero-order valence-corrected chi connectivity index (χ0v) is 8.66. The van der Waals surface area contributed by atoms with Crippen molar-refractivity contribution >= 4 is 5.91 Å². The number of nitrogens with zero attached hydrogens (tertiary/aromatic N) is 1. The van der Waals surface area contributed by atoms with Gasteiger partial charge in [0.2, 0.25) is 0 Å². The van der Waals surface area contributed by atoms with E-state index in [4.69, 9.17) is 4.74 Å². The van der Waals surface area contributed by atoms with Crippen molar-refractivity contribution in [3.63, 3.8) is 0 Å². The van der Waals surface area contributed by atoms with Crippen LogP contribution in [0.2, 0.25) is 0 Å². The molecule has 2 aliphatic rings. The van der Waals surface area contributed by atoms with E-state index in [1.807, 2.05) is 4.90 Å². The van der Waals surface area contributed by atoms with E-state index in [1.165, 1.54) is 0 Å².